The van der Waals surface area contributed by atoms with E-state index in [1.54, 1.807) is 47.1 Å². The first-order valence-electron chi connectivity index (χ1n) is 12.6. The Kier molecular flexibility index (Phi) is 7.62. The molecule has 0 aliphatic carbocycles. The van der Waals surface area contributed by atoms with E-state index in [0.29, 0.717) is 54.0 Å². The molecule has 40 heavy (non-hydrogen) atoms. The van der Waals surface area contributed by atoms with Crippen molar-refractivity contribution >= 4 is 19.8 Å². The van der Waals surface area contributed by atoms with Crippen LogP contribution in [0.5, 0.6) is 5.75 Å². The van der Waals surface area contributed by atoms with Crippen LogP contribution < -0.4 is 9.30 Å². The van der Waals surface area contributed by atoms with Gasteiger partial charge in [0.15, 0.2) is 28.9 Å². The Labute approximate surface area is 228 Å². The average molecular weight is 579 g/mol. The van der Waals surface area contributed by atoms with Gasteiger partial charge in [0.1, 0.15) is 11.9 Å². The topological polar surface area (TPSA) is 105 Å². The van der Waals surface area contributed by atoms with Gasteiger partial charge in [-0.05, 0) is 67.2 Å². The first-order chi connectivity index (χ1) is 18.9. The number of carbonyl (C=O) groups is 1. The van der Waals surface area contributed by atoms with Crippen LogP contribution in [0.2, 0.25) is 0 Å². The molecule has 0 saturated carbocycles. The van der Waals surface area contributed by atoms with E-state index in [4.69, 9.17) is 14.5 Å². The molecule has 212 valence electrons. The molecular weight excluding hydrogens is 550 g/mol. The highest BCUT2D eigenvalue weighted by atomic mass is 31.2. The van der Waals surface area contributed by atoms with Crippen molar-refractivity contribution in [3.05, 3.63) is 82.7 Å². The SMILES string of the molecule is COc1cc(/C=C2\CC[C@H]3CC[C@@H](c4cc(F)c(F)c(F)c4)N3C2=O)ccc1-[n+]1cc(C)n(COP(=O)(O)O)c1. The van der Waals surface area contributed by atoms with Crippen LogP contribution >= 0.6 is 7.82 Å². The Hall–Kier alpha value is -3.44. The van der Waals surface area contributed by atoms with Crippen LogP contribution in [0, 0.1) is 24.4 Å². The minimum atomic E-state index is -4.63. The lowest BCUT2D eigenvalue weighted by Gasteiger charge is -2.35. The van der Waals surface area contributed by atoms with Crippen molar-refractivity contribution in [1.29, 1.82) is 0 Å². The van der Waals surface area contributed by atoms with E-state index < -0.39 is 31.3 Å². The fourth-order valence-electron chi connectivity index (χ4n) is 5.45. The molecule has 13 heteroatoms. The van der Waals surface area contributed by atoms with Gasteiger partial charge in [0.25, 0.3) is 12.2 Å². The number of ether oxygens (including phenoxy) is 1. The molecule has 3 aromatic rings. The summed E-state index contributed by atoms with van der Waals surface area (Å²) in [5, 5.41) is 0. The van der Waals surface area contributed by atoms with Gasteiger partial charge in [0.2, 0.25) is 6.73 Å². The summed E-state index contributed by atoms with van der Waals surface area (Å²) < 4.78 is 65.9. The van der Waals surface area contributed by atoms with Crippen LogP contribution in [0.4, 0.5) is 13.2 Å². The zero-order valence-corrected chi connectivity index (χ0v) is 22.7. The number of carbonyl (C=O) groups excluding carboxylic acids is 1. The summed E-state index contributed by atoms with van der Waals surface area (Å²) in [5.74, 6) is -3.81. The number of imidazole rings is 1. The molecule has 2 atom stereocenters. The Morgan fingerprint density at radius 1 is 1.12 bits per heavy atom. The number of methoxy groups -OCH3 is 1. The molecule has 2 aliphatic rings. The number of hydrogen-bond donors (Lipinski definition) is 2. The number of aromatic nitrogens is 2. The van der Waals surface area contributed by atoms with Crippen LogP contribution in [-0.4, -0.2) is 38.3 Å². The summed E-state index contributed by atoms with van der Waals surface area (Å²) in [7, 11) is -3.13. The minimum absolute atomic E-state index is 0.0547. The molecule has 0 spiro atoms. The molecule has 0 unspecified atom stereocenters. The molecule has 3 heterocycles. The lowest BCUT2D eigenvalue weighted by molar-refractivity contribution is -0.596. The highest BCUT2D eigenvalue weighted by Gasteiger charge is 2.42. The van der Waals surface area contributed by atoms with E-state index in [1.165, 1.54) is 11.7 Å². The van der Waals surface area contributed by atoms with E-state index in [9.17, 15) is 22.5 Å². The molecule has 0 bridgehead atoms. The summed E-state index contributed by atoms with van der Waals surface area (Å²) in [6.45, 7) is 1.42. The monoisotopic (exact) mass is 578 g/mol. The third kappa shape index (κ3) is 5.57. The third-order valence-electron chi connectivity index (χ3n) is 7.38. The van der Waals surface area contributed by atoms with Crippen molar-refractivity contribution in [2.24, 2.45) is 0 Å². The summed E-state index contributed by atoms with van der Waals surface area (Å²) in [6.07, 6.45) is 7.60. The van der Waals surface area contributed by atoms with Crippen LogP contribution in [0.25, 0.3) is 11.8 Å². The maximum atomic E-state index is 13.9. The fraction of sp³-hybridized carbons (Fsp3) is 0.333. The predicted octanol–water partition coefficient (Wildman–Crippen LogP) is 4.48. The van der Waals surface area contributed by atoms with Crippen LogP contribution in [0.1, 0.15) is 48.5 Å². The minimum Gasteiger partial charge on any atom is -0.492 e. The number of fused-ring (bicyclic) bond motifs is 1. The summed E-state index contributed by atoms with van der Waals surface area (Å²) in [5.41, 5.74) is 2.83. The molecule has 0 radical (unpaired) electrons. The van der Waals surface area contributed by atoms with Crippen molar-refractivity contribution in [3.8, 4) is 11.4 Å². The second-order valence-electron chi connectivity index (χ2n) is 9.91. The zero-order chi connectivity index (χ0) is 28.8. The second kappa shape index (κ2) is 10.9. The number of rotatable bonds is 7. The molecule has 2 saturated heterocycles. The van der Waals surface area contributed by atoms with Crippen LogP contribution in [-0.2, 0) is 20.6 Å². The van der Waals surface area contributed by atoms with E-state index >= 15 is 0 Å². The smallest absolute Gasteiger partial charge is 0.472 e. The normalized spacial score (nSPS) is 20.3. The van der Waals surface area contributed by atoms with Gasteiger partial charge in [-0.2, -0.15) is 4.57 Å². The van der Waals surface area contributed by atoms with Gasteiger partial charge in [0.05, 0.1) is 13.2 Å². The molecule has 2 N–H and O–H groups in total. The molecule has 1 aromatic heterocycles. The van der Waals surface area contributed by atoms with E-state index in [1.807, 2.05) is 6.07 Å². The second-order valence-corrected chi connectivity index (χ2v) is 11.1. The number of phosphoric acid groups is 1. The van der Waals surface area contributed by atoms with Crippen molar-refractivity contribution in [3.63, 3.8) is 0 Å². The van der Waals surface area contributed by atoms with Gasteiger partial charge >= 0.3 is 7.82 Å². The summed E-state index contributed by atoms with van der Waals surface area (Å²) >= 11 is 0. The Morgan fingerprint density at radius 3 is 2.52 bits per heavy atom. The van der Waals surface area contributed by atoms with Gasteiger partial charge in [-0.1, -0.05) is 6.07 Å². The van der Waals surface area contributed by atoms with Crippen molar-refractivity contribution in [2.45, 2.75) is 51.4 Å². The van der Waals surface area contributed by atoms with Crippen molar-refractivity contribution in [2.75, 3.05) is 7.11 Å². The number of nitrogens with zero attached hydrogens (tertiary/aromatic N) is 3. The van der Waals surface area contributed by atoms with Gasteiger partial charge in [-0.25, -0.2) is 26.8 Å². The molecular formula is C27H28F3N3O6P+. The molecule has 1 amide bonds. The Balaban J connectivity index is 1.40. The largest absolute Gasteiger partial charge is 0.492 e. The van der Waals surface area contributed by atoms with Gasteiger partial charge in [-0.15, -0.1) is 0 Å². The lowest BCUT2D eigenvalue weighted by atomic mass is 9.95. The van der Waals surface area contributed by atoms with Crippen molar-refractivity contribution < 1.29 is 46.1 Å². The van der Waals surface area contributed by atoms with Gasteiger partial charge < -0.3 is 19.4 Å². The van der Waals surface area contributed by atoms with Gasteiger partial charge in [0, 0.05) is 18.5 Å². The Bertz CT molecular complexity index is 1530. The first kappa shape index (κ1) is 28.1. The number of benzene rings is 2. The maximum absolute atomic E-state index is 13.9. The average Bonchev–Trinajstić information content (AvgIpc) is 3.50. The first-order valence-corrected chi connectivity index (χ1v) is 14.1. The van der Waals surface area contributed by atoms with E-state index in [0.717, 1.165) is 12.1 Å². The highest BCUT2D eigenvalue weighted by molar-refractivity contribution is 7.46. The highest BCUT2D eigenvalue weighted by Crippen LogP contribution is 2.43. The maximum Gasteiger partial charge on any atom is 0.472 e. The van der Waals surface area contributed by atoms with Crippen molar-refractivity contribution in [1.82, 2.24) is 9.47 Å². The number of aryl methyl sites for hydroxylation is 1. The quantitative estimate of drug-likeness (QED) is 0.186. The molecule has 2 aliphatic heterocycles. The lowest BCUT2D eigenvalue weighted by Crippen LogP contribution is -2.41. The summed E-state index contributed by atoms with van der Waals surface area (Å²) in [6, 6.07) is 6.69. The number of amides is 1. The molecule has 5 rings (SSSR count). The van der Waals surface area contributed by atoms with Crippen LogP contribution in [0.3, 0.4) is 0 Å². The van der Waals surface area contributed by atoms with Gasteiger partial charge in [-0.3, -0.25) is 4.79 Å². The molecule has 2 fully saturated rings. The standard InChI is InChI=1S/C27H27F3N3O6P/c1-16-13-31(14-32(16)15-39-40(35,36)37)24-7-3-17(10-25(24)38-2)9-18-4-5-20-6-8-23(33(20)27(18)34)19-11-21(28)26(30)22(29)12-19/h3,7,9-14,20,23H,4-6,8,15H2,1-2H3,(H-,35,36,37)/p+1/b18-9+/t20-,23-/m0/s1. The third-order valence-corrected chi connectivity index (χ3v) is 7.83. The number of phosphoric ester groups is 1. The predicted molar refractivity (Wildman–Crippen MR) is 137 cm³/mol. The Morgan fingerprint density at radius 2 is 1.85 bits per heavy atom. The van der Waals surface area contributed by atoms with Crippen LogP contribution in [0.15, 0.2) is 48.4 Å². The number of halogens is 3. The molecule has 9 nitrogen and oxygen atoms in total. The van der Waals surface area contributed by atoms with E-state index in [2.05, 4.69) is 4.52 Å². The molecule has 2 aromatic carbocycles. The van der Waals surface area contributed by atoms with E-state index in [-0.39, 0.29) is 24.2 Å². The summed E-state index contributed by atoms with van der Waals surface area (Å²) in [4.78, 5) is 33.2. The number of hydrogen-bond acceptors (Lipinski definition) is 4. The fourth-order valence-corrected chi connectivity index (χ4v) is 5.72. The number of piperidine rings is 1. The zero-order valence-electron chi connectivity index (χ0n) is 21.8.